The van der Waals surface area contributed by atoms with Crippen molar-refractivity contribution in [2.75, 3.05) is 13.6 Å². The summed E-state index contributed by atoms with van der Waals surface area (Å²) in [7, 11) is 2.29. The van der Waals surface area contributed by atoms with Crippen LogP contribution in [0.15, 0.2) is 0 Å². The van der Waals surface area contributed by atoms with Crippen LogP contribution in [0.4, 0.5) is 0 Å². The lowest BCUT2D eigenvalue weighted by Gasteiger charge is -2.34. The molecule has 0 aromatic carbocycles. The first-order chi connectivity index (χ1) is 6.77. The first kappa shape index (κ1) is 10.4. The zero-order valence-corrected chi connectivity index (χ0v) is 9.58. The average Bonchev–Trinajstić information content (AvgIpc) is 3.01. The third kappa shape index (κ3) is 2.12. The van der Waals surface area contributed by atoms with Gasteiger partial charge in [-0.15, -0.1) is 0 Å². The van der Waals surface area contributed by atoms with Gasteiger partial charge in [-0.2, -0.15) is 0 Å². The van der Waals surface area contributed by atoms with E-state index in [4.69, 9.17) is 5.73 Å². The Balaban J connectivity index is 1.91. The molecule has 2 saturated carbocycles. The normalized spacial score (nSPS) is 26.6. The van der Waals surface area contributed by atoms with Gasteiger partial charge in [-0.1, -0.05) is 6.92 Å². The Bertz CT molecular complexity index is 165. The molecule has 0 saturated heterocycles. The molecule has 82 valence electrons. The fourth-order valence-electron chi connectivity index (χ4n) is 2.85. The Morgan fingerprint density at radius 3 is 2.00 bits per heavy atom. The molecular formula is C12H24N2. The van der Waals surface area contributed by atoms with Crippen molar-refractivity contribution < 1.29 is 0 Å². The van der Waals surface area contributed by atoms with Gasteiger partial charge < -0.3 is 5.73 Å². The van der Waals surface area contributed by atoms with E-state index in [9.17, 15) is 0 Å². The summed E-state index contributed by atoms with van der Waals surface area (Å²) in [5, 5.41) is 0. The van der Waals surface area contributed by atoms with Gasteiger partial charge in [0, 0.05) is 18.6 Å². The number of hydrogen-bond donors (Lipinski definition) is 1. The van der Waals surface area contributed by atoms with Crippen LogP contribution in [0.3, 0.4) is 0 Å². The second-order valence-electron chi connectivity index (χ2n) is 5.12. The second kappa shape index (κ2) is 4.19. The largest absolute Gasteiger partial charge is 0.329 e. The standard InChI is InChI=1S/C12H24N2/c1-3-11(9-4-5-9)14(2)12(8-13)10-6-7-10/h9-12H,3-8,13H2,1-2H3. The maximum absolute atomic E-state index is 5.89. The molecule has 0 spiro atoms. The highest BCUT2D eigenvalue weighted by atomic mass is 15.2. The van der Waals surface area contributed by atoms with Crippen LogP contribution < -0.4 is 5.73 Å². The molecule has 14 heavy (non-hydrogen) atoms. The van der Waals surface area contributed by atoms with Crippen LogP contribution in [0, 0.1) is 11.8 Å². The highest BCUT2D eigenvalue weighted by molar-refractivity contribution is 4.94. The minimum absolute atomic E-state index is 0.667. The molecule has 2 aliphatic carbocycles. The minimum Gasteiger partial charge on any atom is -0.329 e. The smallest absolute Gasteiger partial charge is 0.0246 e. The maximum atomic E-state index is 5.89. The third-order valence-corrected chi connectivity index (χ3v) is 4.04. The molecule has 2 fully saturated rings. The maximum Gasteiger partial charge on any atom is 0.0246 e. The summed E-state index contributed by atoms with van der Waals surface area (Å²) in [5.41, 5.74) is 5.89. The van der Waals surface area contributed by atoms with Gasteiger partial charge in [0.05, 0.1) is 0 Å². The van der Waals surface area contributed by atoms with Crippen molar-refractivity contribution in [1.29, 1.82) is 0 Å². The average molecular weight is 196 g/mol. The van der Waals surface area contributed by atoms with Crippen LogP contribution >= 0.6 is 0 Å². The summed E-state index contributed by atoms with van der Waals surface area (Å²) >= 11 is 0. The van der Waals surface area contributed by atoms with Crippen LogP contribution in [-0.4, -0.2) is 30.6 Å². The zero-order valence-electron chi connectivity index (χ0n) is 9.58. The zero-order chi connectivity index (χ0) is 10.1. The first-order valence-electron chi connectivity index (χ1n) is 6.20. The lowest BCUT2D eigenvalue weighted by Crippen LogP contribution is -2.46. The summed E-state index contributed by atoms with van der Waals surface area (Å²) < 4.78 is 0. The van der Waals surface area contributed by atoms with Crippen molar-refractivity contribution in [3.8, 4) is 0 Å². The molecule has 0 amide bonds. The van der Waals surface area contributed by atoms with E-state index in [0.717, 1.165) is 24.4 Å². The molecule has 2 heteroatoms. The summed E-state index contributed by atoms with van der Waals surface area (Å²) in [6.07, 6.45) is 7.01. The van der Waals surface area contributed by atoms with Gasteiger partial charge in [0.25, 0.3) is 0 Å². The first-order valence-corrected chi connectivity index (χ1v) is 6.20. The molecule has 0 aromatic heterocycles. The SMILES string of the molecule is CCC(C1CC1)N(C)C(CN)C1CC1. The van der Waals surface area contributed by atoms with Gasteiger partial charge in [-0.25, -0.2) is 0 Å². The van der Waals surface area contributed by atoms with Crippen molar-refractivity contribution in [2.45, 2.75) is 51.1 Å². The lowest BCUT2D eigenvalue weighted by atomic mass is 10.0. The van der Waals surface area contributed by atoms with E-state index in [2.05, 4.69) is 18.9 Å². The number of rotatable bonds is 6. The predicted octanol–water partition coefficient (Wildman–Crippen LogP) is 1.84. The van der Waals surface area contributed by atoms with E-state index < -0.39 is 0 Å². The van der Waals surface area contributed by atoms with E-state index >= 15 is 0 Å². The lowest BCUT2D eigenvalue weighted by molar-refractivity contribution is 0.138. The quantitative estimate of drug-likeness (QED) is 0.702. The van der Waals surface area contributed by atoms with Gasteiger partial charge in [-0.05, 0) is 51.0 Å². The van der Waals surface area contributed by atoms with Gasteiger partial charge >= 0.3 is 0 Å². The molecule has 0 radical (unpaired) electrons. The van der Waals surface area contributed by atoms with E-state index in [0.29, 0.717) is 6.04 Å². The van der Waals surface area contributed by atoms with E-state index in [-0.39, 0.29) is 0 Å². The van der Waals surface area contributed by atoms with Crippen molar-refractivity contribution in [1.82, 2.24) is 4.90 Å². The summed E-state index contributed by atoms with van der Waals surface area (Å²) in [6.45, 7) is 3.17. The summed E-state index contributed by atoms with van der Waals surface area (Å²) in [6, 6.07) is 1.48. The van der Waals surface area contributed by atoms with Crippen LogP contribution in [0.5, 0.6) is 0 Å². The fourth-order valence-corrected chi connectivity index (χ4v) is 2.85. The van der Waals surface area contributed by atoms with Gasteiger partial charge in [0.1, 0.15) is 0 Å². The molecule has 2 atom stereocenters. The Kier molecular flexibility index (Phi) is 3.13. The summed E-state index contributed by atoms with van der Waals surface area (Å²) in [5.74, 6) is 1.90. The van der Waals surface area contributed by atoms with Gasteiger partial charge in [0.2, 0.25) is 0 Å². The Morgan fingerprint density at radius 2 is 1.64 bits per heavy atom. The molecule has 2 aliphatic rings. The van der Waals surface area contributed by atoms with Crippen molar-refractivity contribution in [3.63, 3.8) is 0 Å². The number of hydrogen-bond acceptors (Lipinski definition) is 2. The molecule has 0 bridgehead atoms. The minimum atomic E-state index is 0.667. The molecule has 0 aliphatic heterocycles. The Labute approximate surface area is 87.8 Å². The van der Waals surface area contributed by atoms with Crippen LogP contribution in [0.25, 0.3) is 0 Å². The summed E-state index contributed by atoms with van der Waals surface area (Å²) in [4.78, 5) is 2.59. The Morgan fingerprint density at radius 1 is 1.14 bits per heavy atom. The van der Waals surface area contributed by atoms with E-state index in [1.807, 2.05) is 0 Å². The van der Waals surface area contributed by atoms with Crippen LogP contribution in [0.1, 0.15) is 39.0 Å². The van der Waals surface area contributed by atoms with Crippen molar-refractivity contribution in [2.24, 2.45) is 17.6 Å². The van der Waals surface area contributed by atoms with E-state index in [1.165, 1.54) is 32.1 Å². The third-order valence-electron chi connectivity index (χ3n) is 4.04. The van der Waals surface area contributed by atoms with Crippen LogP contribution in [0.2, 0.25) is 0 Å². The number of nitrogens with two attached hydrogens (primary N) is 1. The molecule has 2 unspecified atom stereocenters. The Hall–Kier alpha value is -0.0800. The van der Waals surface area contributed by atoms with Crippen molar-refractivity contribution >= 4 is 0 Å². The topological polar surface area (TPSA) is 29.3 Å². The highest BCUT2D eigenvalue weighted by Gasteiger charge is 2.39. The van der Waals surface area contributed by atoms with Crippen LogP contribution in [-0.2, 0) is 0 Å². The molecule has 2 nitrogen and oxygen atoms in total. The molecule has 2 rings (SSSR count). The monoisotopic (exact) mass is 196 g/mol. The van der Waals surface area contributed by atoms with E-state index in [1.54, 1.807) is 0 Å². The molecule has 0 heterocycles. The molecule has 0 aromatic rings. The molecule has 2 N–H and O–H groups in total. The number of likely N-dealkylation sites (N-methyl/N-ethyl adjacent to an activating group) is 1. The van der Waals surface area contributed by atoms with Gasteiger partial charge in [-0.3, -0.25) is 4.90 Å². The van der Waals surface area contributed by atoms with Gasteiger partial charge in [0.15, 0.2) is 0 Å². The highest BCUT2D eigenvalue weighted by Crippen LogP contribution is 2.41. The van der Waals surface area contributed by atoms with Crippen molar-refractivity contribution in [3.05, 3.63) is 0 Å². The fraction of sp³-hybridized carbons (Fsp3) is 1.00. The number of nitrogens with zero attached hydrogens (tertiary/aromatic N) is 1. The predicted molar refractivity (Wildman–Crippen MR) is 60.1 cm³/mol. The molecular weight excluding hydrogens is 172 g/mol. The second-order valence-corrected chi connectivity index (χ2v) is 5.12.